The van der Waals surface area contributed by atoms with Crippen LogP contribution in [0.25, 0.3) is 6.08 Å². The van der Waals surface area contributed by atoms with Crippen molar-refractivity contribution in [3.63, 3.8) is 0 Å². The second kappa shape index (κ2) is 6.37. The summed E-state index contributed by atoms with van der Waals surface area (Å²) < 4.78 is 10.8. The van der Waals surface area contributed by atoms with E-state index in [1.807, 2.05) is 24.3 Å². The molecule has 0 radical (unpaired) electrons. The first-order valence-electron chi connectivity index (χ1n) is 7.28. The highest BCUT2D eigenvalue weighted by Gasteiger charge is 2.20. The molecule has 0 fully saturated rings. The van der Waals surface area contributed by atoms with Gasteiger partial charge in [0, 0.05) is 12.0 Å². The van der Waals surface area contributed by atoms with E-state index in [4.69, 9.17) is 14.7 Å². The zero-order valence-electron chi connectivity index (χ0n) is 12.7. The van der Waals surface area contributed by atoms with Crippen molar-refractivity contribution < 1.29 is 14.3 Å². The number of hydrogen-bond donors (Lipinski definition) is 0. The minimum Gasteiger partial charge on any atom is -0.495 e. The number of carbonyl (C=O) groups excluding carboxylic acids is 1. The molecule has 1 aliphatic heterocycles. The van der Waals surface area contributed by atoms with E-state index >= 15 is 0 Å². The average Bonchev–Trinajstić information content (AvgIpc) is 2.75. The molecule has 23 heavy (non-hydrogen) atoms. The van der Waals surface area contributed by atoms with Crippen molar-refractivity contribution in [1.29, 1.82) is 5.26 Å². The van der Waals surface area contributed by atoms with Gasteiger partial charge in [-0.15, -0.1) is 0 Å². The Bertz CT molecular complexity index is 831. The Morgan fingerprint density at radius 3 is 2.87 bits per heavy atom. The number of ketones is 1. The standard InChI is InChI=1S/C19H15NO3/c1-22-17-7-6-13(11-15(17)12-20)10-14-8-9-23-18-5-3-2-4-16(18)19(14)21/h2-7,10-11H,8-9H2,1H3/b14-10-. The molecule has 114 valence electrons. The van der Waals surface area contributed by atoms with Gasteiger partial charge in [-0.1, -0.05) is 18.2 Å². The number of para-hydroxylation sites is 1. The van der Waals surface area contributed by atoms with Gasteiger partial charge in [0.25, 0.3) is 0 Å². The van der Waals surface area contributed by atoms with Gasteiger partial charge in [0.05, 0.1) is 24.8 Å². The molecule has 0 saturated carbocycles. The maximum Gasteiger partial charge on any atom is 0.192 e. The smallest absolute Gasteiger partial charge is 0.192 e. The summed E-state index contributed by atoms with van der Waals surface area (Å²) in [5, 5.41) is 9.17. The number of nitrogens with zero attached hydrogens (tertiary/aromatic N) is 1. The maximum absolute atomic E-state index is 12.7. The van der Waals surface area contributed by atoms with Crippen LogP contribution in [-0.2, 0) is 0 Å². The van der Waals surface area contributed by atoms with Crippen LogP contribution in [0.4, 0.5) is 0 Å². The van der Waals surface area contributed by atoms with Gasteiger partial charge in [-0.2, -0.15) is 5.26 Å². The van der Waals surface area contributed by atoms with Gasteiger partial charge in [0.2, 0.25) is 0 Å². The van der Waals surface area contributed by atoms with Crippen molar-refractivity contribution >= 4 is 11.9 Å². The number of benzene rings is 2. The maximum atomic E-state index is 12.7. The first kappa shape index (κ1) is 14.9. The molecule has 0 aliphatic carbocycles. The molecule has 0 spiro atoms. The van der Waals surface area contributed by atoms with Gasteiger partial charge in [0.1, 0.15) is 17.6 Å². The van der Waals surface area contributed by atoms with Crippen LogP contribution < -0.4 is 9.47 Å². The van der Waals surface area contributed by atoms with Crippen molar-refractivity contribution in [2.45, 2.75) is 6.42 Å². The highest BCUT2D eigenvalue weighted by molar-refractivity contribution is 6.13. The van der Waals surface area contributed by atoms with Gasteiger partial charge in [-0.3, -0.25) is 4.79 Å². The average molecular weight is 305 g/mol. The van der Waals surface area contributed by atoms with E-state index in [-0.39, 0.29) is 5.78 Å². The summed E-state index contributed by atoms with van der Waals surface area (Å²) in [5.41, 5.74) is 2.49. The van der Waals surface area contributed by atoms with Crippen molar-refractivity contribution in [2.24, 2.45) is 0 Å². The zero-order valence-corrected chi connectivity index (χ0v) is 12.7. The first-order valence-corrected chi connectivity index (χ1v) is 7.28. The van der Waals surface area contributed by atoms with E-state index in [2.05, 4.69) is 6.07 Å². The van der Waals surface area contributed by atoms with Crippen molar-refractivity contribution in [3.8, 4) is 17.6 Å². The number of methoxy groups -OCH3 is 1. The van der Waals surface area contributed by atoms with E-state index in [1.165, 1.54) is 7.11 Å². The van der Waals surface area contributed by atoms with E-state index < -0.39 is 0 Å². The summed E-state index contributed by atoms with van der Waals surface area (Å²) in [5.74, 6) is 1.11. The molecule has 4 heteroatoms. The minimum atomic E-state index is -0.0348. The van der Waals surface area contributed by atoms with Crippen molar-refractivity contribution in [1.82, 2.24) is 0 Å². The van der Waals surface area contributed by atoms with Crippen LogP contribution in [0.15, 0.2) is 48.0 Å². The van der Waals surface area contributed by atoms with Gasteiger partial charge in [-0.25, -0.2) is 0 Å². The molecule has 1 aliphatic rings. The molecule has 1 heterocycles. The predicted octanol–water partition coefficient (Wildman–Crippen LogP) is 3.62. The largest absolute Gasteiger partial charge is 0.495 e. The Labute approximate surface area is 134 Å². The molecular formula is C19H15NO3. The van der Waals surface area contributed by atoms with Gasteiger partial charge in [-0.05, 0) is 35.9 Å². The Morgan fingerprint density at radius 1 is 1.26 bits per heavy atom. The molecule has 2 aromatic carbocycles. The quantitative estimate of drug-likeness (QED) is 0.795. The van der Waals surface area contributed by atoms with Crippen LogP contribution in [0.5, 0.6) is 11.5 Å². The van der Waals surface area contributed by atoms with Crippen molar-refractivity contribution in [2.75, 3.05) is 13.7 Å². The Hall–Kier alpha value is -3.06. The molecule has 0 unspecified atom stereocenters. The third kappa shape index (κ3) is 2.95. The van der Waals surface area contributed by atoms with Gasteiger partial charge < -0.3 is 9.47 Å². The van der Waals surface area contributed by atoms with Gasteiger partial charge >= 0.3 is 0 Å². The first-order chi connectivity index (χ1) is 11.2. The molecule has 0 atom stereocenters. The summed E-state index contributed by atoms with van der Waals surface area (Å²) in [7, 11) is 1.53. The molecular weight excluding hydrogens is 290 g/mol. The van der Waals surface area contributed by atoms with Crippen LogP contribution in [-0.4, -0.2) is 19.5 Å². The Kier molecular flexibility index (Phi) is 4.11. The van der Waals surface area contributed by atoms with Crippen LogP contribution in [0.1, 0.15) is 27.9 Å². The van der Waals surface area contributed by atoms with E-state index in [9.17, 15) is 4.79 Å². The molecule has 3 rings (SSSR count). The van der Waals surface area contributed by atoms with Crippen LogP contribution >= 0.6 is 0 Å². The SMILES string of the molecule is COc1ccc(/C=C2/CCOc3ccccc3C2=O)cc1C#N. The Balaban J connectivity index is 2.00. The summed E-state index contributed by atoms with van der Waals surface area (Å²) in [6.07, 6.45) is 2.34. The van der Waals surface area contributed by atoms with Gasteiger partial charge in [0.15, 0.2) is 5.78 Å². The number of nitriles is 1. The Morgan fingerprint density at radius 2 is 2.09 bits per heavy atom. The number of fused-ring (bicyclic) bond motifs is 1. The molecule has 0 aromatic heterocycles. The fourth-order valence-electron chi connectivity index (χ4n) is 2.58. The van der Waals surface area contributed by atoms with E-state index in [0.29, 0.717) is 41.2 Å². The molecule has 2 aromatic rings. The molecule has 0 saturated heterocycles. The highest BCUT2D eigenvalue weighted by Crippen LogP contribution is 2.28. The minimum absolute atomic E-state index is 0.0348. The number of carbonyl (C=O) groups is 1. The van der Waals surface area contributed by atoms with E-state index in [1.54, 1.807) is 24.3 Å². The third-order valence-electron chi connectivity index (χ3n) is 3.74. The normalized spacial score (nSPS) is 15.3. The molecule has 4 nitrogen and oxygen atoms in total. The highest BCUT2D eigenvalue weighted by atomic mass is 16.5. The summed E-state index contributed by atoms with van der Waals surface area (Å²) >= 11 is 0. The number of hydrogen-bond acceptors (Lipinski definition) is 4. The lowest BCUT2D eigenvalue weighted by Gasteiger charge is -2.05. The lowest BCUT2D eigenvalue weighted by molar-refractivity contribution is 0.103. The van der Waals surface area contributed by atoms with Crippen LogP contribution in [0.2, 0.25) is 0 Å². The monoisotopic (exact) mass is 305 g/mol. The number of ether oxygens (including phenoxy) is 2. The topological polar surface area (TPSA) is 59.3 Å². The fraction of sp³-hybridized carbons (Fsp3) is 0.158. The summed E-state index contributed by atoms with van der Waals surface area (Å²) in [6, 6.07) is 14.6. The third-order valence-corrected chi connectivity index (χ3v) is 3.74. The lowest BCUT2D eigenvalue weighted by Crippen LogP contribution is -2.02. The molecule has 0 bridgehead atoms. The summed E-state index contributed by atoms with van der Waals surface area (Å²) in [4.78, 5) is 12.7. The zero-order chi connectivity index (χ0) is 16.2. The van der Waals surface area contributed by atoms with Crippen LogP contribution in [0, 0.1) is 11.3 Å². The fourth-order valence-corrected chi connectivity index (χ4v) is 2.58. The molecule has 0 N–H and O–H groups in total. The second-order valence-corrected chi connectivity index (χ2v) is 5.16. The predicted molar refractivity (Wildman–Crippen MR) is 86.6 cm³/mol. The summed E-state index contributed by atoms with van der Waals surface area (Å²) in [6.45, 7) is 0.454. The number of Topliss-reactive ketones (excluding diaryl/α,β-unsaturated/α-hetero) is 1. The van der Waals surface area contributed by atoms with Crippen molar-refractivity contribution in [3.05, 3.63) is 64.7 Å². The van der Waals surface area contributed by atoms with E-state index in [0.717, 1.165) is 5.56 Å². The number of rotatable bonds is 2. The van der Waals surface area contributed by atoms with Crippen LogP contribution in [0.3, 0.4) is 0 Å². The molecule has 0 amide bonds. The second-order valence-electron chi connectivity index (χ2n) is 5.16. The lowest BCUT2D eigenvalue weighted by atomic mass is 9.98.